The first-order valence-electron chi connectivity index (χ1n) is 9.14. The van der Waals surface area contributed by atoms with Crippen molar-refractivity contribution in [3.05, 3.63) is 75.4 Å². The minimum Gasteiger partial charge on any atom is -0.447 e. The highest BCUT2D eigenvalue weighted by atomic mass is 35.5. The largest absolute Gasteiger partial charge is 0.447 e. The van der Waals surface area contributed by atoms with E-state index in [1.54, 1.807) is 12.1 Å². The number of aryl methyl sites for hydroxylation is 1. The fourth-order valence-corrected chi connectivity index (χ4v) is 4.00. The van der Waals surface area contributed by atoms with Crippen LogP contribution in [0.25, 0.3) is 11.1 Å². The van der Waals surface area contributed by atoms with Crippen molar-refractivity contribution in [2.24, 2.45) is 0 Å². The lowest BCUT2D eigenvalue weighted by molar-refractivity contribution is 0.0949. The summed E-state index contributed by atoms with van der Waals surface area (Å²) in [6.07, 6.45) is 1.93. The van der Waals surface area contributed by atoms with Crippen molar-refractivity contribution in [3.63, 3.8) is 0 Å². The summed E-state index contributed by atoms with van der Waals surface area (Å²) in [6, 6.07) is 11.1. The molecule has 0 aliphatic heterocycles. The third kappa shape index (κ3) is 4.98. The zero-order valence-corrected chi connectivity index (χ0v) is 18.3. The monoisotopic (exact) mass is 461 g/mol. The van der Waals surface area contributed by atoms with Gasteiger partial charge in [0.25, 0.3) is 11.1 Å². The van der Waals surface area contributed by atoms with Crippen molar-refractivity contribution in [1.82, 2.24) is 15.3 Å². The molecule has 0 aliphatic rings. The Morgan fingerprint density at radius 3 is 2.87 bits per heavy atom. The summed E-state index contributed by atoms with van der Waals surface area (Å²) in [7, 11) is 0. The van der Waals surface area contributed by atoms with Crippen LogP contribution >= 0.6 is 35.0 Å². The van der Waals surface area contributed by atoms with Gasteiger partial charge in [0, 0.05) is 16.6 Å². The molecule has 4 aromatic rings. The average molecular weight is 462 g/mol. The standard InChI is InChI=1S/C21H17Cl2N3O3S/c1-12-2-5-18-16(8-12)26-21(29-18)30-11-19-25-17(10-28-19)20(27)24-7-6-13-3-4-14(22)9-15(13)23/h2-5,8-10H,6-7,11H2,1H3,(H,24,27). The van der Waals surface area contributed by atoms with Crippen LogP contribution in [0, 0.1) is 6.92 Å². The van der Waals surface area contributed by atoms with E-state index in [2.05, 4.69) is 15.3 Å². The van der Waals surface area contributed by atoms with Crippen molar-refractivity contribution in [2.45, 2.75) is 24.3 Å². The lowest BCUT2D eigenvalue weighted by Gasteiger charge is -2.05. The molecule has 0 bridgehead atoms. The Labute approximate surface area is 187 Å². The molecule has 0 atom stereocenters. The van der Waals surface area contributed by atoms with Gasteiger partial charge in [0.05, 0.1) is 5.75 Å². The molecule has 0 radical (unpaired) electrons. The van der Waals surface area contributed by atoms with E-state index < -0.39 is 0 Å². The second-order valence-electron chi connectivity index (χ2n) is 6.61. The number of hydrogen-bond acceptors (Lipinski definition) is 6. The minimum absolute atomic E-state index is 0.223. The predicted molar refractivity (Wildman–Crippen MR) is 117 cm³/mol. The Bertz CT molecular complexity index is 1210. The van der Waals surface area contributed by atoms with Gasteiger partial charge in [-0.25, -0.2) is 9.97 Å². The topological polar surface area (TPSA) is 81.2 Å². The molecule has 0 saturated carbocycles. The molecule has 154 valence electrons. The van der Waals surface area contributed by atoms with Crippen LogP contribution in [-0.2, 0) is 12.2 Å². The Morgan fingerprint density at radius 2 is 2.03 bits per heavy atom. The number of nitrogens with one attached hydrogen (secondary N) is 1. The van der Waals surface area contributed by atoms with E-state index >= 15 is 0 Å². The van der Waals surface area contributed by atoms with Gasteiger partial charge in [0.1, 0.15) is 11.8 Å². The van der Waals surface area contributed by atoms with Crippen molar-refractivity contribution in [3.8, 4) is 0 Å². The average Bonchev–Trinajstić information content (AvgIpc) is 3.34. The van der Waals surface area contributed by atoms with E-state index in [9.17, 15) is 4.79 Å². The van der Waals surface area contributed by atoms with E-state index in [4.69, 9.17) is 32.0 Å². The number of thioether (sulfide) groups is 1. The molecule has 6 nitrogen and oxygen atoms in total. The number of aromatic nitrogens is 2. The van der Waals surface area contributed by atoms with Crippen molar-refractivity contribution < 1.29 is 13.6 Å². The summed E-state index contributed by atoms with van der Waals surface area (Å²) in [6.45, 7) is 2.42. The molecule has 0 fully saturated rings. The van der Waals surface area contributed by atoms with Gasteiger partial charge < -0.3 is 14.2 Å². The highest BCUT2D eigenvalue weighted by Crippen LogP contribution is 2.26. The van der Waals surface area contributed by atoms with Gasteiger partial charge in [-0.05, 0) is 48.7 Å². The zero-order valence-electron chi connectivity index (χ0n) is 15.9. The summed E-state index contributed by atoms with van der Waals surface area (Å²) in [5.41, 5.74) is 3.80. The fraction of sp³-hybridized carbons (Fsp3) is 0.190. The normalized spacial score (nSPS) is 11.2. The van der Waals surface area contributed by atoms with E-state index in [1.807, 2.05) is 31.2 Å². The zero-order chi connectivity index (χ0) is 21.1. The number of fused-ring (bicyclic) bond motifs is 1. The molecular formula is C21H17Cl2N3O3S. The molecule has 30 heavy (non-hydrogen) atoms. The van der Waals surface area contributed by atoms with Crippen LogP contribution in [0.15, 0.2) is 56.7 Å². The van der Waals surface area contributed by atoms with Crippen LogP contribution in [0.3, 0.4) is 0 Å². The number of oxazole rings is 2. The van der Waals surface area contributed by atoms with Gasteiger partial charge in [0.2, 0.25) is 5.89 Å². The number of nitrogens with zero attached hydrogens (tertiary/aromatic N) is 2. The maximum Gasteiger partial charge on any atom is 0.273 e. The lowest BCUT2D eigenvalue weighted by atomic mass is 10.1. The van der Waals surface area contributed by atoms with Crippen LogP contribution in [0.5, 0.6) is 0 Å². The number of hydrogen-bond donors (Lipinski definition) is 1. The van der Waals surface area contributed by atoms with Crippen LogP contribution in [0.2, 0.25) is 10.0 Å². The molecule has 1 N–H and O–H groups in total. The molecule has 4 rings (SSSR count). The number of carbonyl (C=O) groups is 1. The maximum absolute atomic E-state index is 12.3. The van der Waals surface area contributed by atoms with E-state index in [1.165, 1.54) is 18.0 Å². The van der Waals surface area contributed by atoms with Crippen LogP contribution in [0.4, 0.5) is 0 Å². The third-order valence-electron chi connectivity index (χ3n) is 4.32. The predicted octanol–water partition coefficient (Wildman–Crippen LogP) is 5.70. The smallest absolute Gasteiger partial charge is 0.273 e. The van der Waals surface area contributed by atoms with Gasteiger partial charge >= 0.3 is 0 Å². The molecule has 2 heterocycles. The molecule has 0 spiro atoms. The lowest BCUT2D eigenvalue weighted by Crippen LogP contribution is -2.26. The maximum atomic E-state index is 12.3. The van der Waals surface area contributed by atoms with E-state index in [0.29, 0.717) is 39.9 Å². The Kier molecular flexibility index (Phi) is 6.32. The van der Waals surface area contributed by atoms with Crippen LogP contribution in [0.1, 0.15) is 27.5 Å². The second-order valence-corrected chi connectivity index (χ2v) is 8.38. The first-order chi connectivity index (χ1) is 14.5. The number of halogens is 2. The molecule has 0 unspecified atom stereocenters. The van der Waals surface area contributed by atoms with Crippen molar-refractivity contribution >= 4 is 52.0 Å². The Balaban J connectivity index is 1.29. The summed E-state index contributed by atoms with van der Waals surface area (Å²) in [4.78, 5) is 21.0. The van der Waals surface area contributed by atoms with Gasteiger partial charge in [-0.1, -0.05) is 47.1 Å². The highest BCUT2D eigenvalue weighted by Gasteiger charge is 2.14. The van der Waals surface area contributed by atoms with E-state index in [0.717, 1.165) is 22.2 Å². The Morgan fingerprint density at radius 1 is 1.17 bits per heavy atom. The molecule has 9 heteroatoms. The van der Waals surface area contributed by atoms with Gasteiger partial charge in [-0.2, -0.15) is 0 Å². The molecule has 1 amide bonds. The summed E-state index contributed by atoms with van der Waals surface area (Å²) in [5.74, 6) is 0.515. The second kappa shape index (κ2) is 9.12. The molecule has 2 aromatic carbocycles. The third-order valence-corrected chi connectivity index (χ3v) is 5.72. The number of rotatable bonds is 7. The number of carbonyl (C=O) groups excluding carboxylic acids is 1. The highest BCUT2D eigenvalue weighted by molar-refractivity contribution is 7.98. The Hall–Kier alpha value is -2.48. The van der Waals surface area contributed by atoms with Crippen molar-refractivity contribution in [1.29, 1.82) is 0 Å². The molecular weight excluding hydrogens is 445 g/mol. The number of amides is 1. The minimum atomic E-state index is -0.308. The first kappa shape index (κ1) is 20.8. The van der Waals surface area contributed by atoms with Crippen molar-refractivity contribution in [2.75, 3.05) is 6.54 Å². The molecule has 0 saturated heterocycles. The molecule has 2 aromatic heterocycles. The molecule has 0 aliphatic carbocycles. The van der Waals surface area contributed by atoms with Gasteiger partial charge in [-0.15, -0.1) is 0 Å². The quantitative estimate of drug-likeness (QED) is 0.355. The summed E-state index contributed by atoms with van der Waals surface area (Å²) >= 11 is 13.4. The van der Waals surface area contributed by atoms with Crippen LogP contribution in [-0.4, -0.2) is 22.4 Å². The van der Waals surface area contributed by atoms with Gasteiger partial charge in [0.15, 0.2) is 11.3 Å². The van der Waals surface area contributed by atoms with Crippen LogP contribution < -0.4 is 5.32 Å². The number of benzene rings is 2. The summed E-state index contributed by atoms with van der Waals surface area (Å²) < 4.78 is 11.1. The SMILES string of the molecule is Cc1ccc2oc(SCc3nc(C(=O)NCCc4ccc(Cl)cc4Cl)co3)nc2c1. The van der Waals surface area contributed by atoms with E-state index in [-0.39, 0.29) is 11.6 Å². The van der Waals surface area contributed by atoms with Gasteiger partial charge in [-0.3, -0.25) is 4.79 Å². The summed E-state index contributed by atoms with van der Waals surface area (Å²) in [5, 5.41) is 4.49. The fourth-order valence-electron chi connectivity index (χ4n) is 2.81. The first-order valence-corrected chi connectivity index (χ1v) is 10.9.